The van der Waals surface area contributed by atoms with Crippen LogP contribution in [0.25, 0.3) is 0 Å². The SMILES string of the molecule is CC(C)[C@H]1Nc2cccnc2NC1=O. The van der Waals surface area contributed by atoms with E-state index in [4.69, 9.17) is 0 Å². The van der Waals surface area contributed by atoms with E-state index in [-0.39, 0.29) is 17.9 Å². The van der Waals surface area contributed by atoms with E-state index in [1.54, 1.807) is 6.20 Å². The first-order valence-electron chi connectivity index (χ1n) is 4.71. The summed E-state index contributed by atoms with van der Waals surface area (Å²) in [4.78, 5) is 15.7. The number of anilines is 2. The minimum Gasteiger partial charge on any atom is -0.370 e. The third kappa shape index (κ3) is 1.43. The highest BCUT2D eigenvalue weighted by molar-refractivity contribution is 6.01. The second-order valence-electron chi connectivity index (χ2n) is 3.75. The van der Waals surface area contributed by atoms with E-state index in [1.165, 1.54) is 0 Å². The predicted octanol–water partition coefficient (Wildman–Crippen LogP) is 1.47. The second kappa shape index (κ2) is 3.29. The molecular weight excluding hydrogens is 178 g/mol. The molecule has 1 aromatic heterocycles. The van der Waals surface area contributed by atoms with Gasteiger partial charge in [-0.05, 0) is 18.1 Å². The van der Waals surface area contributed by atoms with Crippen molar-refractivity contribution in [2.75, 3.05) is 10.6 Å². The van der Waals surface area contributed by atoms with Crippen molar-refractivity contribution in [3.63, 3.8) is 0 Å². The summed E-state index contributed by atoms with van der Waals surface area (Å²) in [6, 6.07) is 3.60. The number of rotatable bonds is 1. The summed E-state index contributed by atoms with van der Waals surface area (Å²) in [5.74, 6) is 0.879. The molecule has 4 heteroatoms. The maximum absolute atomic E-state index is 11.6. The summed E-state index contributed by atoms with van der Waals surface area (Å²) in [7, 11) is 0. The van der Waals surface area contributed by atoms with E-state index in [9.17, 15) is 4.79 Å². The Morgan fingerprint density at radius 3 is 3.00 bits per heavy atom. The molecular formula is C10H13N3O. The summed E-state index contributed by atoms with van der Waals surface area (Å²) >= 11 is 0. The smallest absolute Gasteiger partial charge is 0.248 e. The average molecular weight is 191 g/mol. The summed E-state index contributed by atoms with van der Waals surface area (Å²) in [5, 5.41) is 5.95. The molecule has 0 bridgehead atoms. The van der Waals surface area contributed by atoms with Crippen molar-refractivity contribution in [3.8, 4) is 0 Å². The summed E-state index contributed by atoms with van der Waals surface area (Å²) in [6.07, 6.45) is 1.66. The highest BCUT2D eigenvalue weighted by Gasteiger charge is 2.27. The number of aromatic nitrogens is 1. The van der Waals surface area contributed by atoms with Crippen LogP contribution in [0.1, 0.15) is 13.8 Å². The zero-order chi connectivity index (χ0) is 10.1. The highest BCUT2D eigenvalue weighted by atomic mass is 16.2. The molecule has 0 fully saturated rings. The van der Waals surface area contributed by atoms with Crippen LogP contribution in [0.15, 0.2) is 18.3 Å². The quantitative estimate of drug-likeness (QED) is 0.706. The van der Waals surface area contributed by atoms with E-state index in [0.717, 1.165) is 5.69 Å². The van der Waals surface area contributed by atoms with Crippen molar-refractivity contribution in [2.45, 2.75) is 19.9 Å². The summed E-state index contributed by atoms with van der Waals surface area (Å²) in [6.45, 7) is 4.03. The number of hydrogen-bond acceptors (Lipinski definition) is 3. The van der Waals surface area contributed by atoms with Gasteiger partial charge in [0, 0.05) is 6.20 Å². The molecule has 1 aromatic rings. The Kier molecular flexibility index (Phi) is 2.11. The lowest BCUT2D eigenvalue weighted by molar-refractivity contribution is -0.117. The molecule has 74 valence electrons. The van der Waals surface area contributed by atoms with E-state index in [2.05, 4.69) is 15.6 Å². The van der Waals surface area contributed by atoms with Gasteiger partial charge in [-0.1, -0.05) is 13.8 Å². The molecule has 1 aliphatic rings. The molecule has 0 aliphatic carbocycles. The fourth-order valence-electron chi connectivity index (χ4n) is 1.52. The molecule has 0 unspecified atom stereocenters. The van der Waals surface area contributed by atoms with Gasteiger partial charge in [-0.2, -0.15) is 0 Å². The van der Waals surface area contributed by atoms with Crippen molar-refractivity contribution in [2.24, 2.45) is 5.92 Å². The highest BCUT2D eigenvalue weighted by Crippen LogP contribution is 2.25. The molecule has 1 atom stereocenters. The van der Waals surface area contributed by atoms with Crippen LogP contribution >= 0.6 is 0 Å². The maximum Gasteiger partial charge on any atom is 0.248 e. The van der Waals surface area contributed by atoms with Crippen molar-refractivity contribution < 1.29 is 4.79 Å². The van der Waals surface area contributed by atoms with Crippen molar-refractivity contribution in [1.82, 2.24) is 4.98 Å². The van der Waals surface area contributed by atoms with E-state index in [1.807, 2.05) is 26.0 Å². The van der Waals surface area contributed by atoms with Crippen LogP contribution in [0.2, 0.25) is 0 Å². The normalized spacial score (nSPS) is 19.9. The lowest BCUT2D eigenvalue weighted by atomic mass is 10.0. The van der Waals surface area contributed by atoms with Gasteiger partial charge in [-0.15, -0.1) is 0 Å². The molecule has 4 nitrogen and oxygen atoms in total. The number of carbonyl (C=O) groups excluding carboxylic acids is 1. The molecule has 1 aliphatic heterocycles. The Labute approximate surface area is 82.7 Å². The third-order valence-electron chi connectivity index (χ3n) is 2.31. The fraction of sp³-hybridized carbons (Fsp3) is 0.400. The Bertz CT molecular complexity index is 362. The molecule has 2 N–H and O–H groups in total. The monoisotopic (exact) mass is 191 g/mol. The van der Waals surface area contributed by atoms with Gasteiger partial charge in [-0.3, -0.25) is 4.79 Å². The van der Waals surface area contributed by atoms with E-state index >= 15 is 0 Å². The van der Waals surface area contributed by atoms with Gasteiger partial charge in [-0.25, -0.2) is 4.98 Å². The number of pyridine rings is 1. The van der Waals surface area contributed by atoms with Crippen molar-refractivity contribution >= 4 is 17.4 Å². The minimum absolute atomic E-state index is 0.00815. The molecule has 2 rings (SSSR count). The van der Waals surface area contributed by atoms with Gasteiger partial charge in [0.1, 0.15) is 6.04 Å². The topological polar surface area (TPSA) is 54.0 Å². The van der Waals surface area contributed by atoms with E-state index in [0.29, 0.717) is 5.82 Å². The first-order valence-corrected chi connectivity index (χ1v) is 4.71. The predicted molar refractivity (Wildman–Crippen MR) is 55.1 cm³/mol. The lowest BCUT2D eigenvalue weighted by Crippen LogP contribution is -2.42. The number of nitrogens with zero attached hydrogens (tertiary/aromatic N) is 1. The van der Waals surface area contributed by atoms with Gasteiger partial charge in [0.05, 0.1) is 5.69 Å². The molecule has 0 saturated heterocycles. The van der Waals surface area contributed by atoms with Gasteiger partial charge in [0.25, 0.3) is 0 Å². The van der Waals surface area contributed by atoms with Crippen LogP contribution in [0.5, 0.6) is 0 Å². The van der Waals surface area contributed by atoms with Crippen LogP contribution in [-0.2, 0) is 4.79 Å². The maximum atomic E-state index is 11.6. The van der Waals surface area contributed by atoms with Gasteiger partial charge in [0.2, 0.25) is 5.91 Å². The fourth-order valence-corrected chi connectivity index (χ4v) is 1.52. The molecule has 1 amide bonds. The zero-order valence-corrected chi connectivity index (χ0v) is 8.24. The summed E-state index contributed by atoms with van der Waals surface area (Å²) < 4.78 is 0. The minimum atomic E-state index is -0.160. The Morgan fingerprint density at radius 2 is 2.29 bits per heavy atom. The molecule has 0 radical (unpaired) electrons. The largest absolute Gasteiger partial charge is 0.370 e. The van der Waals surface area contributed by atoms with Crippen molar-refractivity contribution in [3.05, 3.63) is 18.3 Å². The Morgan fingerprint density at radius 1 is 1.50 bits per heavy atom. The average Bonchev–Trinajstić information content (AvgIpc) is 2.16. The number of fused-ring (bicyclic) bond motifs is 1. The second-order valence-corrected chi connectivity index (χ2v) is 3.75. The van der Waals surface area contributed by atoms with Crippen LogP contribution < -0.4 is 10.6 Å². The number of amides is 1. The van der Waals surface area contributed by atoms with Gasteiger partial charge in [0.15, 0.2) is 5.82 Å². The van der Waals surface area contributed by atoms with Crippen LogP contribution in [-0.4, -0.2) is 16.9 Å². The lowest BCUT2D eigenvalue weighted by Gasteiger charge is -2.28. The molecule has 0 saturated carbocycles. The van der Waals surface area contributed by atoms with Crippen LogP contribution in [0, 0.1) is 5.92 Å². The zero-order valence-electron chi connectivity index (χ0n) is 8.24. The van der Waals surface area contributed by atoms with E-state index < -0.39 is 0 Å². The molecule has 14 heavy (non-hydrogen) atoms. The van der Waals surface area contributed by atoms with Gasteiger partial charge < -0.3 is 10.6 Å². The first-order chi connectivity index (χ1) is 6.68. The molecule has 2 heterocycles. The van der Waals surface area contributed by atoms with Gasteiger partial charge >= 0.3 is 0 Å². The third-order valence-corrected chi connectivity index (χ3v) is 2.31. The number of hydrogen-bond donors (Lipinski definition) is 2. The first kappa shape index (κ1) is 8.99. The van der Waals surface area contributed by atoms with Crippen LogP contribution in [0.4, 0.5) is 11.5 Å². The Balaban J connectivity index is 2.31. The van der Waals surface area contributed by atoms with Crippen molar-refractivity contribution in [1.29, 1.82) is 0 Å². The Hall–Kier alpha value is -1.58. The summed E-state index contributed by atoms with van der Waals surface area (Å²) in [5.41, 5.74) is 0.894. The number of carbonyl (C=O) groups is 1. The number of nitrogens with one attached hydrogen (secondary N) is 2. The molecule has 0 aromatic carbocycles. The standard InChI is InChI=1S/C10H13N3O/c1-6(2)8-10(14)13-9-7(12-8)4-3-5-11-9/h3-6,8,12H,1-2H3,(H,11,13,14)/t8-/m1/s1. The molecule has 0 spiro atoms. The van der Waals surface area contributed by atoms with Crippen LogP contribution in [0.3, 0.4) is 0 Å².